The molecule has 0 aliphatic carbocycles. The lowest BCUT2D eigenvalue weighted by atomic mass is 9.97. The van der Waals surface area contributed by atoms with Gasteiger partial charge in [-0.3, -0.25) is 15.0 Å². The van der Waals surface area contributed by atoms with Gasteiger partial charge in [-0.2, -0.15) is 0 Å². The Labute approximate surface area is 692 Å². The highest BCUT2D eigenvalue weighted by Gasteiger charge is 2.23. The van der Waals surface area contributed by atoms with Crippen molar-refractivity contribution in [3.63, 3.8) is 0 Å². The van der Waals surface area contributed by atoms with E-state index in [0.29, 0.717) is 92.1 Å². The zero-order valence-corrected chi connectivity index (χ0v) is 64.4. The average Bonchev–Trinajstić information content (AvgIpc) is 0.772. The van der Waals surface area contributed by atoms with Gasteiger partial charge in [0.25, 0.3) is 0 Å². The second-order valence-electron chi connectivity index (χ2n) is 28.1. The van der Waals surface area contributed by atoms with Crippen molar-refractivity contribution in [2.24, 2.45) is 0 Å². The summed E-state index contributed by atoms with van der Waals surface area (Å²) in [6, 6.07) is 131. The molecule has 0 unspecified atom stereocenters. The highest BCUT2D eigenvalue weighted by atomic mass is 15.1. The van der Waals surface area contributed by atoms with Crippen LogP contribution >= 0.6 is 0 Å². The summed E-state index contributed by atoms with van der Waals surface area (Å²) in [4.78, 5) is 80.4. The molecule has 20 rings (SSSR count). The topological polar surface area (TPSA) is 206 Å². The minimum absolute atomic E-state index is 0.453. The number of hydrogen-bond acceptors (Lipinski definition) is 16. The van der Waals surface area contributed by atoms with Crippen LogP contribution in [0.1, 0.15) is 0 Å². The SMILES string of the molecule is c1ccc(-c2cc(-c3cc(-c4nc(-c5ccccc5)cc(-c5ccccc5)n4)ccn3)nc(-c3ncccc3-c3nc(-c4ccccc4)cc(-c4ccccc4)n3)c2)cc1.c1ccc(-c2nc(-c3ccccc3)nc(-c3cccc(-c4cc(-c5ccccc5-c5nc(-c6ccccc6)nc(-c6ccccc6)n5)cc(-c5ccccn5)n4)n3)n2)cc1. The lowest BCUT2D eigenvalue weighted by molar-refractivity contribution is 1.06. The Balaban J connectivity index is 0.000000159. The van der Waals surface area contributed by atoms with Crippen LogP contribution in [-0.4, -0.2) is 79.7 Å². The number of rotatable bonds is 18. The van der Waals surface area contributed by atoms with E-state index in [1.165, 1.54) is 0 Å². The lowest BCUT2D eigenvalue weighted by Crippen LogP contribution is -2.02. The maximum absolute atomic E-state index is 5.29. The van der Waals surface area contributed by atoms with Crippen LogP contribution in [-0.2, 0) is 0 Å². The van der Waals surface area contributed by atoms with Gasteiger partial charge in [0.1, 0.15) is 5.69 Å². The first-order chi connectivity index (χ1) is 59.4. The molecule has 0 aliphatic heterocycles. The van der Waals surface area contributed by atoms with Crippen molar-refractivity contribution in [3.8, 4) is 204 Å². The second-order valence-corrected chi connectivity index (χ2v) is 28.1. The van der Waals surface area contributed by atoms with Crippen LogP contribution in [0.4, 0.5) is 0 Å². The third kappa shape index (κ3) is 16.4. The average molecular weight is 1540 g/mol. The van der Waals surface area contributed by atoms with Gasteiger partial charge in [0.05, 0.1) is 68.3 Å². The summed E-state index contributed by atoms with van der Waals surface area (Å²) in [5.41, 5.74) is 23.1. The molecular formula is C104H68N16. The van der Waals surface area contributed by atoms with Crippen molar-refractivity contribution in [1.29, 1.82) is 0 Å². The zero-order chi connectivity index (χ0) is 80.2. The Morgan fingerprint density at radius 2 is 0.433 bits per heavy atom. The molecule has 0 amide bonds. The fraction of sp³-hybridized carbons (Fsp3) is 0. The first-order valence-corrected chi connectivity index (χ1v) is 39.2. The molecule has 0 saturated carbocycles. The van der Waals surface area contributed by atoms with Crippen LogP contribution in [0.3, 0.4) is 0 Å². The molecule has 16 nitrogen and oxygen atoms in total. The van der Waals surface area contributed by atoms with Gasteiger partial charge < -0.3 is 0 Å². The molecule has 0 spiro atoms. The van der Waals surface area contributed by atoms with Crippen LogP contribution in [0, 0.1) is 0 Å². The number of benzene rings is 10. The van der Waals surface area contributed by atoms with Crippen molar-refractivity contribution in [1.82, 2.24) is 79.7 Å². The summed E-state index contributed by atoms with van der Waals surface area (Å²) in [6.45, 7) is 0. The zero-order valence-electron chi connectivity index (χ0n) is 64.4. The van der Waals surface area contributed by atoms with Crippen molar-refractivity contribution in [2.75, 3.05) is 0 Å². The smallest absolute Gasteiger partial charge is 0.182 e. The van der Waals surface area contributed by atoms with Crippen LogP contribution in [0.5, 0.6) is 0 Å². The molecular weight excluding hydrogens is 1470 g/mol. The molecule has 10 aromatic carbocycles. The number of pyridine rings is 6. The van der Waals surface area contributed by atoms with E-state index >= 15 is 0 Å². The molecule has 120 heavy (non-hydrogen) atoms. The summed E-state index contributed by atoms with van der Waals surface area (Å²) in [7, 11) is 0. The van der Waals surface area contributed by atoms with E-state index in [0.717, 1.165) is 112 Å². The van der Waals surface area contributed by atoms with Gasteiger partial charge in [0, 0.05) is 79.8 Å². The van der Waals surface area contributed by atoms with Crippen molar-refractivity contribution in [3.05, 3.63) is 413 Å². The predicted octanol–water partition coefficient (Wildman–Crippen LogP) is 23.7. The van der Waals surface area contributed by atoms with Gasteiger partial charge in [-0.1, -0.05) is 309 Å². The van der Waals surface area contributed by atoms with E-state index in [1.54, 1.807) is 18.6 Å². The molecule has 0 saturated heterocycles. The molecule has 0 aliphatic rings. The van der Waals surface area contributed by atoms with Crippen LogP contribution in [0.15, 0.2) is 413 Å². The number of aromatic nitrogens is 16. The largest absolute Gasteiger partial charge is 0.255 e. The first kappa shape index (κ1) is 73.5. The molecule has 0 fully saturated rings. The summed E-state index contributed by atoms with van der Waals surface area (Å²) in [5, 5.41) is 0. The third-order valence-electron chi connectivity index (χ3n) is 20.1. The molecule has 0 radical (unpaired) electrons. The van der Waals surface area contributed by atoms with Gasteiger partial charge in [-0.25, -0.2) is 64.8 Å². The predicted molar refractivity (Wildman–Crippen MR) is 475 cm³/mol. The molecule has 16 heteroatoms. The van der Waals surface area contributed by atoms with E-state index < -0.39 is 0 Å². The van der Waals surface area contributed by atoms with Gasteiger partial charge in [0.15, 0.2) is 46.6 Å². The fourth-order valence-corrected chi connectivity index (χ4v) is 14.2. The minimum atomic E-state index is 0.453. The standard InChI is InChI=1S/C53H35N7.C51H33N9/c1-6-17-36(18-7-1)42-32-49(48-31-41(28-30-54-48)52-57-44(37-19-8-2-9-20-37)34-45(58-52)38-21-10-3-11-22-38)56-50(33-42)51-43(27-16-29-55-51)53-59-46(39-23-12-4-13-24-39)35-47(60-53)40-25-14-5-15-26-40;1-5-18-34(19-6-1)46-55-47(35-20-7-2-8-21-35)58-50(57-46)40-27-14-13-26-39(40)38-32-44(41-28-15-16-31-52-41)54-45(33-38)42-29-17-30-43(53-42)51-59-48(36-22-9-3-10-23-36)56-49(60-51)37-24-11-4-12-25-37/h1-35H;1-33H. The van der Waals surface area contributed by atoms with Crippen LogP contribution < -0.4 is 0 Å². The van der Waals surface area contributed by atoms with Crippen molar-refractivity contribution < 1.29 is 0 Å². The molecule has 10 aromatic heterocycles. The molecule has 0 atom stereocenters. The normalized spacial score (nSPS) is 11.0. The summed E-state index contributed by atoms with van der Waals surface area (Å²) in [5.74, 6) is 4.44. The Bertz CT molecular complexity index is 6340. The van der Waals surface area contributed by atoms with E-state index in [1.807, 2.05) is 309 Å². The van der Waals surface area contributed by atoms with Gasteiger partial charge in [-0.05, 0) is 107 Å². The number of nitrogens with zero attached hydrogens (tertiary/aromatic N) is 16. The van der Waals surface area contributed by atoms with Gasteiger partial charge >= 0.3 is 0 Å². The minimum Gasteiger partial charge on any atom is -0.255 e. The molecule has 0 N–H and O–H groups in total. The van der Waals surface area contributed by atoms with Crippen LogP contribution in [0.2, 0.25) is 0 Å². The second kappa shape index (κ2) is 34.1. The van der Waals surface area contributed by atoms with E-state index in [4.69, 9.17) is 74.8 Å². The van der Waals surface area contributed by atoms with E-state index in [9.17, 15) is 0 Å². The highest BCUT2D eigenvalue weighted by Crippen LogP contribution is 2.40. The lowest BCUT2D eigenvalue weighted by Gasteiger charge is -2.14. The number of hydrogen-bond donors (Lipinski definition) is 0. The molecule has 564 valence electrons. The third-order valence-corrected chi connectivity index (χ3v) is 20.1. The molecule has 10 heterocycles. The Kier molecular flexibility index (Phi) is 20.9. The van der Waals surface area contributed by atoms with Gasteiger partial charge in [-0.15, -0.1) is 0 Å². The van der Waals surface area contributed by atoms with E-state index in [2.05, 4.69) is 89.9 Å². The molecule has 20 aromatic rings. The van der Waals surface area contributed by atoms with Crippen LogP contribution in [0.25, 0.3) is 204 Å². The maximum atomic E-state index is 5.29. The maximum Gasteiger partial charge on any atom is 0.182 e. The molecule has 0 bridgehead atoms. The Hall–Kier alpha value is -16.7. The van der Waals surface area contributed by atoms with Crippen molar-refractivity contribution >= 4 is 0 Å². The summed E-state index contributed by atoms with van der Waals surface area (Å²) < 4.78 is 0. The summed E-state index contributed by atoms with van der Waals surface area (Å²) >= 11 is 0. The van der Waals surface area contributed by atoms with Gasteiger partial charge in [0.2, 0.25) is 0 Å². The first-order valence-electron chi connectivity index (χ1n) is 39.2. The Morgan fingerprint density at radius 3 is 0.917 bits per heavy atom. The summed E-state index contributed by atoms with van der Waals surface area (Å²) in [6.07, 6.45) is 5.35. The van der Waals surface area contributed by atoms with Crippen molar-refractivity contribution in [2.45, 2.75) is 0 Å². The quantitative estimate of drug-likeness (QED) is 0.0783. The fourth-order valence-electron chi connectivity index (χ4n) is 14.2. The Morgan fingerprint density at radius 1 is 0.117 bits per heavy atom. The monoisotopic (exact) mass is 1540 g/mol. The highest BCUT2D eigenvalue weighted by molar-refractivity contribution is 5.87. The van der Waals surface area contributed by atoms with E-state index in [-0.39, 0.29) is 0 Å².